The number of rotatable bonds is 2. The van der Waals surface area contributed by atoms with Gasteiger partial charge in [0, 0.05) is 11.4 Å². The highest BCUT2D eigenvalue weighted by Crippen LogP contribution is 1.97. The number of carbonyl (C=O) groups is 1. The lowest BCUT2D eigenvalue weighted by molar-refractivity contribution is 0.107. The van der Waals surface area contributed by atoms with Crippen molar-refractivity contribution in [3.05, 3.63) is 35.9 Å². The number of benzene rings is 1. The first kappa shape index (κ1) is 7.17. The molecule has 1 aromatic carbocycles. The van der Waals surface area contributed by atoms with Crippen molar-refractivity contribution in [2.75, 3.05) is 0 Å². The third-order valence-electron chi connectivity index (χ3n) is 1.19. The summed E-state index contributed by atoms with van der Waals surface area (Å²) >= 11 is 0. The van der Waals surface area contributed by atoms with Gasteiger partial charge >= 0.3 is 0 Å². The highest BCUT2D eigenvalue weighted by Gasteiger charge is 1.96. The molecule has 0 aromatic heterocycles. The van der Waals surface area contributed by atoms with Crippen LogP contribution >= 0.6 is 8.86 Å². The van der Waals surface area contributed by atoms with E-state index in [0.29, 0.717) is 5.56 Å². The minimum Gasteiger partial charge on any atom is -0.289 e. The first-order chi connectivity index (χ1) is 4.84. The van der Waals surface area contributed by atoms with Crippen molar-refractivity contribution in [1.29, 1.82) is 0 Å². The zero-order valence-corrected chi connectivity index (χ0v) is 6.37. The van der Waals surface area contributed by atoms with E-state index < -0.39 is 0 Å². The molecular formula is C8H7OP. The predicted octanol–water partition coefficient (Wildman–Crippen LogP) is 1.81. The number of hydrogen-bond donors (Lipinski definition) is 0. The summed E-state index contributed by atoms with van der Waals surface area (Å²) in [7, 11) is 3.02. The second kappa shape index (κ2) is 3.28. The van der Waals surface area contributed by atoms with E-state index in [4.69, 9.17) is 0 Å². The van der Waals surface area contributed by atoms with Gasteiger partial charge in [-0.2, -0.15) is 0 Å². The summed E-state index contributed by atoms with van der Waals surface area (Å²) in [5.41, 5.74) is 0.706. The average Bonchev–Trinajstić information content (AvgIpc) is 2.05. The van der Waals surface area contributed by atoms with Gasteiger partial charge in [-0.25, -0.2) is 0 Å². The molecule has 0 fully saturated rings. The topological polar surface area (TPSA) is 17.1 Å². The van der Waals surface area contributed by atoms with Crippen LogP contribution in [0.3, 0.4) is 0 Å². The molecule has 1 nitrogen and oxygen atoms in total. The Morgan fingerprint density at radius 1 is 1.30 bits per heavy atom. The van der Waals surface area contributed by atoms with Crippen LogP contribution in [-0.2, 0) is 0 Å². The molecule has 2 heteroatoms. The predicted molar refractivity (Wildman–Crippen MR) is 45.2 cm³/mol. The molecule has 50 valence electrons. The quantitative estimate of drug-likeness (QED) is 0.464. The van der Waals surface area contributed by atoms with E-state index in [0.717, 1.165) is 0 Å². The van der Waals surface area contributed by atoms with Crippen molar-refractivity contribution in [3.63, 3.8) is 0 Å². The maximum absolute atomic E-state index is 10.9. The van der Waals surface area contributed by atoms with Gasteiger partial charge in [-0.15, -0.1) is 8.86 Å². The molecule has 0 aliphatic carbocycles. The van der Waals surface area contributed by atoms with Crippen molar-refractivity contribution in [2.24, 2.45) is 0 Å². The van der Waals surface area contributed by atoms with E-state index in [1.165, 1.54) is 5.80 Å². The van der Waals surface area contributed by atoms with E-state index in [1.54, 1.807) is 12.1 Å². The summed E-state index contributed by atoms with van der Waals surface area (Å²) in [5.74, 6) is 1.37. The van der Waals surface area contributed by atoms with Gasteiger partial charge in [0.2, 0.25) is 0 Å². The van der Waals surface area contributed by atoms with Gasteiger partial charge in [0.25, 0.3) is 0 Å². The summed E-state index contributed by atoms with van der Waals surface area (Å²) < 4.78 is 0. The molecule has 0 bridgehead atoms. The smallest absolute Gasteiger partial charge is 0.189 e. The van der Waals surface area contributed by atoms with Crippen LogP contribution in [0, 0.1) is 0 Å². The summed E-state index contributed by atoms with van der Waals surface area (Å²) in [4.78, 5) is 10.9. The van der Waals surface area contributed by atoms with Gasteiger partial charge in [-0.1, -0.05) is 30.3 Å². The molecule has 0 spiro atoms. The van der Waals surface area contributed by atoms with E-state index in [2.05, 4.69) is 8.86 Å². The molecule has 0 saturated heterocycles. The third-order valence-corrected chi connectivity index (χ3v) is 1.45. The Morgan fingerprint density at radius 3 is 2.40 bits per heavy atom. The molecule has 1 aromatic rings. The van der Waals surface area contributed by atoms with Crippen LogP contribution in [0.15, 0.2) is 30.3 Å². The Kier molecular flexibility index (Phi) is 2.35. The third kappa shape index (κ3) is 1.52. The number of hydrogen-bond acceptors (Lipinski definition) is 1. The molecular weight excluding hydrogens is 143 g/mol. The standard InChI is InChI=1S/C8H7OP/c9-8(6-10)7-4-2-1-3-5-7/h1-6,10H. The van der Waals surface area contributed by atoms with E-state index in [-0.39, 0.29) is 5.78 Å². The zero-order chi connectivity index (χ0) is 7.40. The molecule has 0 atom stereocenters. The van der Waals surface area contributed by atoms with E-state index in [1.807, 2.05) is 18.2 Å². The maximum Gasteiger partial charge on any atom is 0.189 e. The molecule has 1 rings (SSSR count). The number of carbonyl (C=O) groups excluding carboxylic acids is 1. The highest BCUT2D eigenvalue weighted by molar-refractivity contribution is 7.22. The average molecular weight is 150 g/mol. The number of ketones is 1. The lowest BCUT2D eigenvalue weighted by atomic mass is 10.2. The Bertz CT molecular complexity index is 241. The maximum atomic E-state index is 10.9. The summed E-state index contributed by atoms with van der Waals surface area (Å²) in [6.45, 7) is 0. The Morgan fingerprint density at radius 2 is 1.90 bits per heavy atom. The van der Waals surface area contributed by atoms with Crippen LogP contribution in [0.25, 0.3) is 0 Å². The van der Waals surface area contributed by atoms with Crippen molar-refractivity contribution in [3.8, 4) is 0 Å². The molecule has 0 radical (unpaired) electrons. The summed E-state index contributed by atoms with van der Waals surface area (Å²) in [6.07, 6.45) is 0. The Balaban J connectivity index is 2.95. The largest absolute Gasteiger partial charge is 0.289 e. The first-order valence-corrected chi connectivity index (χ1v) is 3.52. The van der Waals surface area contributed by atoms with E-state index in [9.17, 15) is 4.79 Å². The van der Waals surface area contributed by atoms with Crippen molar-refractivity contribution >= 4 is 20.4 Å². The van der Waals surface area contributed by atoms with Crippen LogP contribution in [0.1, 0.15) is 10.4 Å². The molecule has 0 aliphatic heterocycles. The van der Waals surface area contributed by atoms with Crippen LogP contribution in [0.4, 0.5) is 0 Å². The van der Waals surface area contributed by atoms with Crippen LogP contribution in [-0.4, -0.2) is 11.6 Å². The van der Waals surface area contributed by atoms with Crippen molar-refractivity contribution in [2.45, 2.75) is 0 Å². The summed E-state index contributed by atoms with van der Waals surface area (Å²) in [6, 6.07) is 9.11. The fourth-order valence-corrected chi connectivity index (χ4v) is 0.852. The highest BCUT2D eigenvalue weighted by atomic mass is 31.0. The van der Waals surface area contributed by atoms with Gasteiger partial charge in [0.05, 0.1) is 0 Å². The van der Waals surface area contributed by atoms with Crippen LogP contribution in [0.5, 0.6) is 0 Å². The van der Waals surface area contributed by atoms with Crippen LogP contribution in [0.2, 0.25) is 0 Å². The second-order valence-electron chi connectivity index (χ2n) is 1.87. The molecule has 10 heavy (non-hydrogen) atoms. The van der Waals surface area contributed by atoms with Crippen molar-refractivity contribution < 1.29 is 4.79 Å². The molecule has 0 heterocycles. The first-order valence-electron chi connectivity index (χ1n) is 2.94. The van der Waals surface area contributed by atoms with Gasteiger partial charge in [-0.05, 0) is 0 Å². The molecule has 0 aliphatic rings. The normalized spacial score (nSPS) is 8.80. The van der Waals surface area contributed by atoms with Crippen LogP contribution < -0.4 is 0 Å². The minimum atomic E-state index is -0.00253. The molecule has 0 saturated carbocycles. The second-order valence-corrected chi connectivity index (χ2v) is 2.16. The fraction of sp³-hybridized carbons (Fsp3) is 0. The fourth-order valence-electron chi connectivity index (χ4n) is 0.686. The van der Waals surface area contributed by atoms with Gasteiger partial charge in [0.1, 0.15) is 0 Å². The number of Topliss-reactive ketones (excluding diaryl/α,β-unsaturated/α-hetero) is 1. The van der Waals surface area contributed by atoms with Gasteiger partial charge in [0.15, 0.2) is 5.78 Å². The molecule has 0 N–H and O–H groups in total. The Labute approximate surface area is 61.9 Å². The van der Waals surface area contributed by atoms with Crippen molar-refractivity contribution in [1.82, 2.24) is 0 Å². The lowest BCUT2D eigenvalue weighted by Gasteiger charge is -1.90. The minimum absolute atomic E-state index is 0.00253. The SMILES string of the molecule is O=C(C=P)c1ccccc1. The monoisotopic (exact) mass is 150 g/mol. The molecule has 0 amide bonds. The summed E-state index contributed by atoms with van der Waals surface area (Å²) in [5, 5.41) is 0. The van der Waals surface area contributed by atoms with E-state index >= 15 is 0 Å². The lowest BCUT2D eigenvalue weighted by Crippen LogP contribution is -1.96. The van der Waals surface area contributed by atoms with Gasteiger partial charge < -0.3 is 0 Å². The van der Waals surface area contributed by atoms with Gasteiger partial charge in [-0.3, -0.25) is 4.79 Å². The zero-order valence-electron chi connectivity index (χ0n) is 5.37. The molecule has 0 unspecified atom stereocenters. The Hall–Kier alpha value is -0.940.